The predicted molar refractivity (Wildman–Crippen MR) is 84.2 cm³/mol. The number of piperazine rings is 1. The average Bonchev–Trinajstić information content (AvgIpc) is 2.51. The molecule has 21 heavy (non-hydrogen) atoms. The van der Waals surface area contributed by atoms with Gasteiger partial charge in [0.25, 0.3) is 0 Å². The Morgan fingerprint density at radius 3 is 2.57 bits per heavy atom. The number of benzene rings is 1. The van der Waals surface area contributed by atoms with Crippen molar-refractivity contribution >= 4 is 5.91 Å². The first-order chi connectivity index (χ1) is 10.1. The molecule has 4 heteroatoms. The van der Waals surface area contributed by atoms with Crippen LogP contribution in [0.25, 0.3) is 0 Å². The Morgan fingerprint density at radius 1 is 1.19 bits per heavy atom. The largest absolute Gasteiger partial charge is 0.339 e. The second-order valence-electron chi connectivity index (χ2n) is 6.49. The van der Waals surface area contributed by atoms with Crippen molar-refractivity contribution in [3.63, 3.8) is 0 Å². The van der Waals surface area contributed by atoms with E-state index in [9.17, 15) is 4.79 Å². The fraction of sp³-hybridized carbons (Fsp3) is 0.588. The maximum atomic E-state index is 13.0. The van der Waals surface area contributed by atoms with Crippen LogP contribution in [-0.4, -0.2) is 54.5 Å². The molecule has 2 aliphatic heterocycles. The van der Waals surface area contributed by atoms with E-state index in [0.29, 0.717) is 12.1 Å². The lowest BCUT2D eigenvalue weighted by molar-refractivity contribution is -0.136. The standard InChI is InChI=1S/C17H25N3O/c1-12-10-20(11-13(2)19(12)3)17(21)16-9-18-8-14-6-4-5-7-15(14)16/h4-7,12-13,16,18H,8-11H2,1-3H3. The highest BCUT2D eigenvalue weighted by Crippen LogP contribution is 2.27. The molecule has 0 aromatic heterocycles. The third-order valence-corrected chi connectivity index (χ3v) is 5.06. The third-order valence-electron chi connectivity index (χ3n) is 5.06. The smallest absolute Gasteiger partial charge is 0.231 e. The predicted octanol–water partition coefficient (Wildman–Crippen LogP) is 1.42. The summed E-state index contributed by atoms with van der Waals surface area (Å²) in [6, 6.07) is 9.17. The van der Waals surface area contributed by atoms with Crippen LogP contribution >= 0.6 is 0 Å². The van der Waals surface area contributed by atoms with Gasteiger partial charge in [0.2, 0.25) is 5.91 Å². The highest BCUT2D eigenvalue weighted by atomic mass is 16.2. The molecule has 2 aliphatic rings. The lowest BCUT2D eigenvalue weighted by Crippen LogP contribution is -2.57. The van der Waals surface area contributed by atoms with E-state index in [1.54, 1.807) is 0 Å². The van der Waals surface area contributed by atoms with E-state index in [2.05, 4.69) is 48.1 Å². The first kappa shape index (κ1) is 14.5. The quantitative estimate of drug-likeness (QED) is 0.848. The first-order valence-corrected chi connectivity index (χ1v) is 7.87. The van der Waals surface area contributed by atoms with Crippen LogP contribution in [0.2, 0.25) is 0 Å². The van der Waals surface area contributed by atoms with Crippen LogP contribution in [-0.2, 0) is 11.3 Å². The van der Waals surface area contributed by atoms with Gasteiger partial charge in [0.15, 0.2) is 0 Å². The van der Waals surface area contributed by atoms with Crippen LogP contribution in [0.4, 0.5) is 0 Å². The number of nitrogens with one attached hydrogen (secondary N) is 1. The molecule has 0 aliphatic carbocycles. The van der Waals surface area contributed by atoms with Gasteiger partial charge in [-0.1, -0.05) is 24.3 Å². The SMILES string of the molecule is CC1CN(C(=O)C2CNCc3ccccc32)CC(C)N1C. The van der Waals surface area contributed by atoms with Crippen molar-refractivity contribution in [2.24, 2.45) is 0 Å². The summed E-state index contributed by atoms with van der Waals surface area (Å²) >= 11 is 0. The van der Waals surface area contributed by atoms with Gasteiger partial charge in [-0.2, -0.15) is 0 Å². The minimum atomic E-state index is -0.0299. The van der Waals surface area contributed by atoms with Gasteiger partial charge in [-0.25, -0.2) is 0 Å². The molecule has 2 heterocycles. The molecule has 0 spiro atoms. The Labute approximate surface area is 127 Å². The van der Waals surface area contributed by atoms with E-state index in [4.69, 9.17) is 0 Å². The summed E-state index contributed by atoms with van der Waals surface area (Å²) in [7, 11) is 2.15. The number of rotatable bonds is 1. The lowest BCUT2D eigenvalue weighted by atomic mass is 9.89. The van der Waals surface area contributed by atoms with Gasteiger partial charge in [-0.3, -0.25) is 9.69 Å². The molecule has 3 atom stereocenters. The highest BCUT2D eigenvalue weighted by molar-refractivity contribution is 5.85. The fourth-order valence-corrected chi connectivity index (χ4v) is 3.52. The monoisotopic (exact) mass is 287 g/mol. The van der Waals surface area contributed by atoms with E-state index in [1.165, 1.54) is 11.1 Å². The van der Waals surface area contributed by atoms with Crippen molar-refractivity contribution in [1.29, 1.82) is 0 Å². The molecule has 4 nitrogen and oxygen atoms in total. The maximum absolute atomic E-state index is 13.0. The molecule has 1 aromatic carbocycles. The van der Waals surface area contributed by atoms with E-state index < -0.39 is 0 Å². The summed E-state index contributed by atoms with van der Waals surface area (Å²) in [4.78, 5) is 17.4. The van der Waals surface area contributed by atoms with Crippen LogP contribution in [0.3, 0.4) is 0 Å². The van der Waals surface area contributed by atoms with Gasteiger partial charge < -0.3 is 10.2 Å². The van der Waals surface area contributed by atoms with Crippen molar-refractivity contribution in [3.05, 3.63) is 35.4 Å². The van der Waals surface area contributed by atoms with Gasteiger partial charge >= 0.3 is 0 Å². The fourth-order valence-electron chi connectivity index (χ4n) is 3.52. The van der Waals surface area contributed by atoms with Gasteiger partial charge in [0, 0.05) is 38.3 Å². The van der Waals surface area contributed by atoms with E-state index in [0.717, 1.165) is 26.2 Å². The van der Waals surface area contributed by atoms with E-state index in [-0.39, 0.29) is 11.8 Å². The first-order valence-electron chi connectivity index (χ1n) is 7.87. The van der Waals surface area contributed by atoms with Gasteiger partial charge in [-0.05, 0) is 32.0 Å². The second kappa shape index (κ2) is 5.78. The Morgan fingerprint density at radius 2 is 1.86 bits per heavy atom. The van der Waals surface area contributed by atoms with E-state index in [1.807, 2.05) is 12.1 Å². The van der Waals surface area contributed by atoms with Crippen molar-refractivity contribution < 1.29 is 4.79 Å². The van der Waals surface area contributed by atoms with Crippen LogP contribution in [0.5, 0.6) is 0 Å². The molecule has 0 bridgehead atoms. The number of carbonyl (C=O) groups is 1. The summed E-state index contributed by atoms with van der Waals surface area (Å²) in [6.07, 6.45) is 0. The Kier molecular flexibility index (Phi) is 4.00. The maximum Gasteiger partial charge on any atom is 0.231 e. The summed E-state index contributed by atoms with van der Waals surface area (Å²) in [5.74, 6) is 0.249. The van der Waals surface area contributed by atoms with Crippen LogP contribution in [0.1, 0.15) is 30.9 Å². The molecule has 114 valence electrons. The molecule has 0 radical (unpaired) electrons. The summed E-state index contributed by atoms with van der Waals surface area (Å²) in [6.45, 7) is 7.68. The molecular weight excluding hydrogens is 262 g/mol. The normalized spacial score (nSPS) is 30.0. The van der Waals surface area contributed by atoms with Crippen LogP contribution in [0.15, 0.2) is 24.3 Å². The number of hydrogen-bond donors (Lipinski definition) is 1. The topological polar surface area (TPSA) is 35.6 Å². The number of nitrogens with zero attached hydrogens (tertiary/aromatic N) is 2. The number of likely N-dealkylation sites (N-methyl/N-ethyl adjacent to an activating group) is 1. The zero-order chi connectivity index (χ0) is 15.0. The minimum Gasteiger partial charge on any atom is -0.339 e. The van der Waals surface area contributed by atoms with Crippen molar-refractivity contribution in [3.8, 4) is 0 Å². The highest BCUT2D eigenvalue weighted by Gasteiger charge is 2.34. The summed E-state index contributed by atoms with van der Waals surface area (Å²) < 4.78 is 0. The molecule has 1 amide bonds. The van der Waals surface area contributed by atoms with Crippen LogP contribution < -0.4 is 5.32 Å². The minimum absolute atomic E-state index is 0.0299. The average molecular weight is 287 g/mol. The number of amides is 1. The number of carbonyl (C=O) groups excluding carboxylic acids is 1. The molecular formula is C17H25N3O. The molecule has 1 fully saturated rings. The molecule has 0 saturated carbocycles. The lowest BCUT2D eigenvalue weighted by Gasteiger charge is -2.44. The Balaban J connectivity index is 1.80. The Bertz CT molecular complexity index is 519. The van der Waals surface area contributed by atoms with Crippen molar-refractivity contribution in [1.82, 2.24) is 15.1 Å². The molecule has 1 saturated heterocycles. The van der Waals surface area contributed by atoms with Crippen LogP contribution in [0, 0.1) is 0 Å². The zero-order valence-corrected chi connectivity index (χ0v) is 13.2. The van der Waals surface area contributed by atoms with Gasteiger partial charge in [-0.15, -0.1) is 0 Å². The van der Waals surface area contributed by atoms with Crippen molar-refractivity contribution in [2.45, 2.75) is 38.4 Å². The molecule has 1 aromatic rings. The summed E-state index contributed by atoms with van der Waals surface area (Å²) in [5.41, 5.74) is 2.47. The van der Waals surface area contributed by atoms with E-state index >= 15 is 0 Å². The Hall–Kier alpha value is -1.39. The zero-order valence-electron chi connectivity index (χ0n) is 13.2. The molecule has 3 rings (SSSR count). The number of fused-ring (bicyclic) bond motifs is 1. The number of hydrogen-bond acceptors (Lipinski definition) is 3. The van der Waals surface area contributed by atoms with Crippen molar-refractivity contribution in [2.75, 3.05) is 26.7 Å². The van der Waals surface area contributed by atoms with Gasteiger partial charge in [0.05, 0.1) is 5.92 Å². The molecule has 3 unspecified atom stereocenters. The second-order valence-corrected chi connectivity index (χ2v) is 6.49. The van der Waals surface area contributed by atoms with Gasteiger partial charge in [0.1, 0.15) is 0 Å². The molecule has 1 N–H and O–H groups in total. The third kappa shape index (κ3) is 2.70. The summed E-state index contributed by atoms with van der Waals surface area (Å²) in [5, 5.41) is 3.38.